The lowest BCUT2D eigenvalue weighted by Gasteiger charge is -2.32. The Kier molecular flexibility index (Phi) is 5.29. The predicted octanol–water partition coefficient (Wildman–Crippen LogP) is 3.90. The minimum atomic E-state index is 0.282. The first-order valence-corrected chi connectivity index (χ1v) is 8.63. The molecule has 1 aliphatic heterocycles. The molecule has 2 aromatic rings. The van der Waals surface area contributed by atoms with Crippen LogP contribution < -0.4 is 0 Å². The first-order valence-electron chi connectivity index (χ1n) is 8.63. The fourth-order valence-corrected chi connectivity index (χ4v) is 3.49. The van der Waals surface area contributed by atoms with Gasteiger partial charge in [-0.1, -0.05) is 30.3 Å². The van der Waals surface area contributed by atoms with Crippen molar-refractivity contribution in [2.75, 3.05) is 13.1 Å². The lowest BCUT2D eigenvalue weighted by molar-refractivity contribution is 0.0953. The normalized spacial score (nSPS) is 16.6. The molecule has 0 unspecified atom stereocenters. The van der Waals surface area contributed by atoms with E-state index in [-0.39, 0.29) is 5.78 Å². The Morgan fingerprint density at radius 3 is 2.48 bits per heavy atom. The summed E-state index contributed by atoms with van der Waals surface area (Å²) in [5.74, 6) is 0.982. The van der Waals surface area contributed by atoms with Crippen molar-refractivity contribution in [1.29, 1.82) is 0 Å². The standard InChI is InChI=1S/C20H26N2O/c1-21-13-5-8-19(21)20(23)10-9-17-11-14-22(15-12-17)16-18-6-3-2-4-7-18/h2-8,13,17H,9-12,14-16H2,1H3. The fraction of sp³-hybridized carbons (Fsp3) is 0.450. The van der Waals surface area contributed by atoms with Gasteiger partial charge in [-0.3, -0.25) is 9.69 Å². The van der Waals surface area contributed by atoms with Crippen LogP contribution in [0.5, 0.6) is 0 Å². The highest BCUT2D eigenvalue weighted by atomic mass is 16.1. The molecule has 0 bridgehead atoms. The van der Waals surface area contributed by atoms with Gasteiger partial charge in [-0.05, 0) is 56.0 Å². The van der Waals surface area contributed by atoms with Gasteiger partial charge in [-0.25, -0.2) is 0 Å². The van der Waals surface area contributed by atoms with E-state index in [0.29, 0.717) is 12.3 Å². The van der Waals surface area contributed by atoms with E-state index < -0.39 is 0 Å². The van der Waals surface area contributed by atoms with Crippen molar-refractivity contribution >= 4 is 5.78 Å². The van der Waals surface area contributed by atoms with Crippen LogP contribution in [0.25, 0.3) is 0 Å². The van der Waals surface area contributed by atoms with Gasteiger partial charge in [0.1, 0.15) is 0 Å². The summed E-state index contributed by atoms with van der Waals surface area (Å²) in [6.07, 6.45) is 6.08. The highest BCUT2D eigenvalue weighted by Crippen LogP contribution is 2.24. The van der Waals surface area contributed by atoms with Gasteiger partial charge in [-0.15, -0.1) is 0 Å². The van der Waals surface area contributed by atoms with Gasteiger partial charge >= 0.3 is 0 Å². The number of hydrogen-bond acceptors (Lipinski definition) is 2. The number of hydrogen-bond donors (Lipinski definition) is 0. The summed E-state index contributed by atoms with van der Waals surface area (Å²) in [6.45, 7) is 3.35. The Hall–Kier alpha value is -1.87. The Bertz CT molecular complexity index is 624. The quantitative estimate of drug-likeness (QED) is 0.756. The summed E-state index contributed by atoms with van der Waals surface area (Å²) in [7, 11) is 1.94. The largest absolute Gasteiger partial charge is 0.348 e. The number of likely N-dealkylation sites (tertiary alicyclic amines) is 1. The lowest BCUT2D eigenvalue weighted by atomic mass is 9.91. The number of benzene rings is 1. The zero-order chi connectivity index (χ0) is 16.1. The lowest BCUT2D eigenvalue weighted by Crippen LogP contribution is -2.33. The second-order valence-corrected chi connectivity index (χ2v) is 6.67. The van der Waals surface area contributed by atoms with Crippen molar-refractivity contribution in [2.24, 2.45) is 13.0 Å². The highest BCUT2D eigenvalue weighted by molar-refractivity contribution is 5.94. The summed E-state index contributed by atoms with van der Waals surface area (Å²) in [5, 5.41) is 0. The van der Waals surface area contributed by atoms with Gasteiger partial charge in [0.25, 0.3) is 0 Å². The van der Waals surface area contributed by atoms with Crippen molar-refractivity contribution in [2.45, 2.75) is 32.2 Å². The van der Waals surface area contributed by atoms with Crippen LogP contribution in [-0.4, -0.2) is 28.3 Å². The van der Waals surface area contributed by atoms with Gasteiger partial charge in [0.05, 0.1) is 5.69 Å². The molecule has 1 fully saturated rings. The average molecular weight is 310 g/mol. The zero-order valence-corrected chi connectivity index (χ0v) is 13.9. The molecule has 3 heteroatoms. The number of piperidine rings is 1. The molecule has 23 heavy (non-hydrogen) atoms. The molecule has 3 nitrogen and oxygen atoms in total. The van der Waals surface area contributed by atoms with Crippen LogP contribution in [0.2, 0.25) is 0 Å². The molecule has 1 saturated heterocycles. The molecular weight excluding hydrogens is 284 g/mol. The number of aromatic nitrogens is 1. The zero-order valence-electron chi connectivity index (χ0n) is 13.9. The molecule has 0 aliphatic carbocycles. The minimum Gasteiger partial charge on any atom is -0.348 e. The number of carbonyl (C=O) groups is 1. The third-order valence-corrected chi connectivity index (χ3v) is 4.97. The molecule has 2 heterocycles. The number of nitrogens with zero attached hydrogens (tertiary/aromatic N) is 2. The number of carbonyl (C=O) groups excluding carboxylic acids is 1. The molecule has 122 valence electrons. The number of aryl methyl sites for hydroxylation is 1. The molecule has 1 aromatic heterocycles. The van der Waals surface area contributed by atoms with Crippen molar-refractivity contribution in [1.82, 2.24) is 9.47 Å². The molecule has 3 rings (SSSR count). The van der Waals surface area contributed by atoms with E-state index in [2.05, 4.69) is 35.2 Å². The van der Waals surface area contributed by atoms with Crippen molar-refractivity contribution < 1.29 is 4.79 Å². The monoisotopic (exact) mass is 310 g/mol. The third kappa shape index (κ3) is 4.32. The summed E-state index contributed by atoms with van der Waals surface area (Å²) < 4.78 is 1.92. The molecular formula is C20H26N2O. The van der Waals surface area contributed by atoms with Gasteiger partial charge < -0.3 is 4.57 Å². The Morgan fingerprint density at radius 1 is 1.09 bits per heavy atom. The molecule has 0 spiro atoms. The van der Waals surface area contributed by atoms with Gasteiger partial charge in [0, 0.05) is 26.2 Å². The molecule has 0 amide bonds. The SMILES string of the molecule is Cn1cccc1C(=O)CCC1CCN(Cc2ccccc2)CC1. The van der Waals surface area contributed by atoms with Crippen molar-refractivity contribution in [3.8, 4) is 0 Å². The second-order valence-electron chi connectivity index (χ2n) is 6.67. The first kappa shape index (κ1) is 16.0. The van der Waals surface area contributed by atoms with Gasteiger partial charge in [-0.2, -0.15) is 0 Å². The van der Waals surface area contributed by atoms with Crippen LogP contribution in [0, 0.1) is 5.92 Å². The van der Waals surface area contributed by atoms with Gasteiger partial charge in [0.15, 0.2) is 5.78 Å². The van der Waals surface area contributed by atoms with Crippen LogP contribution in [0.4, 0.5) is 0 Å². The summed E-state index contributed by atoms with van der Waals surface area (Å²) in [5.41, 5.74) is 2.23. The Morgan fingerprint density at radius 2 is 1.83 bits per heavy atom. The van der Waals surface area contributed by atoms with Crippen LogP contribution in [-0.2, 0) is 13.6 Å². The minimum absolute atomic E-state index is 0.282. The molecule has 0 radical (unpaired) electrons. The Balaban J connectivity index is 1.41. The van der Waals surface area contributed by atoms with E-state index in [9.17, 15) is 4.79 Å². The van der Waals surface area contributed by atoms with E-state index in [0.717, 1.165) is 31.7 Å². The molecule has 1 aromatic carbocycles. The Labute approximate surface area is 138 Å². The number of ketones is 1. The van der Waals surface area contributed by atoms with E-state index in [4.69, 9.17) is 0 Å². The van der Waals surface area contributed by atoms with E-state index in [1.807, 2.05) is 29.9 Å². The summed E-state index contributed by atoms with van der Waals surface area (Å²) in [4.78, 5) is 14.8. The van der Waals surface area contributed by atoms with E-state index >= 15 is 0 Å². The fourth-order valence-electron chi connectivity index (χ4n) is 3.49. The number of rotatable bonds is 6. The topological polar surface area (TPSA) is 25.2 Å². The maximum atomic E-state index is 12.2. The maximum absolute atomic E-state index is 12.2. The smallest absolute Gasteiger partial charge is 0.179 e. The molecule has 0 atom stereocenters. The molecule has 0 saturated carbocycles. The molecule has 1 aliphatic rings. The van der Waals surface area contributed by atoms with Crippen molar-refractivity contribution in [3.63, 3.8) is 0 Å². The third-order valence-electron chi connectivity index (χ3n) is 4.97. The van der Waals surface area contributed by atoms with Gasteiger partial charge in [0.2, 0.25) is 0 Å². The molecule has 0 N–H and O–H groups in total. The van der Waals surface area contributed by atoms with Crippen LogP contribution in [0.15, 0.2) is 48.7 Å². The maximum Gasteiger partial charge on any atom is 0.179 e. The first-order chi connectivity index (χ1) is 11.2. The van der Waals surface area contributed by atoms with E-state index in [1.54, 1.807) is 0 Å². The summed E-state index contributed by atoms with van der Waals surface area (Å²) in [6, 6.07) is 14.5. The average Bonchev–Trinajstić information content (AvgIpc) is 3.01. The predicted molar refractivity (Wildman–Crippen MR) is 93.4 cm³/mol. The van der Waals surface area contributed by atoms with Crippen LogP contribution in [0.1, 0.15) is 41.7 Å². The van der Waals surface area contributed by atoms with Crippen LogP contribution >= 0.6 is 0 Å². The summed E-state index contributed by atoms with van der Waals surface area (Å²) >= 11 is 0. The van der Waals surface area contributed by atoms with E-state index in [1.165, 1.54) is 18.4 Å². The highest BCUT2D eigenvalue weighted by Gasteiger charge is 2.20. The van der Waals surface area contributed by atoms with Crippen LogP contribution in [0.3, 0.4) is 0 Å². The van der Waals surface area contributed by atoms with Crippen molar-refractivity contribution in [3.05, 3.63) is 59.9 Å². The number of Topliss-reactive ketones (excluding diaryl/α,β-unsaturated/α-hetero) is 1. The second kappa shape index (κ2) is 7.60.